The van der Waals surface area contributed by atoms with Crippen molar-refractivity contribution in [1.29, 1.82) is 0 Å². The minimum absolute atomic E-state index is 0.0208. The monoisotopic (exact) mass is 323 g/mol. The van der Waals surface area contributed by atoms with Crippen molar-refractivity contribution in [2.75, 3.05) is 12.3 Å². The molecular weight excluding hydrogens is 311 g/mol. The highest BCUT2D eigenvalue weighted by Gasteiger charge is 2.67. The zero-order valence-electron chi connectivity index (χ0n) is 10.6. The summed E-state index contributed by atoms with van der Waals surface area (Å²) in [4.78, 5) is 24.4. The summed E-state index contributed by atoms with van der Waals surface area (Å²) in [5.74, 6) is 0.0208. The van der Waals surface area contributed by atoms with Crippen LogP contribution in [0.2, 0.25) is 0 Å². The second kappa shape index (κ2) is 4.33. The molecule has 11 heteroatoms. The van der Waals surface area contributed by atoms with E-state index in [0.29, 0.717) is 0 Å². The van der Waals surface area contributed by atoms with Crippen LogP contribution >= 0.6 is 7.60 Å². The predicted octanol–water partition coefficient (Wildman–Crippen LogP) is 0.682. The van der Waals surface area contributed by atoms with Gasteiger partial charge in [0, 0.05) is 12.6 Å². The molecule has 1 spiro atoms. The zero-order valence-corrected chi connectivity index (χ0v) is 11.5. The molecule has 8 nitrogen and oxygen atoms in total. The molecule has 0 aromatic carbocycles. The van der Waals surface area contributed by atoms with Gasteiger partial charge in [0.15, 0.2) is 0 Å². The Bertz CT molecular complexity index is 696. The van der Waals surface area contributed by atoms with Gasteiger partial charge in [0.2, 0.25) is 0 Å². The molecule has 21 heavy (non-hydrogen) atoms. The molecule has 2 aliphatic rings. The van der Waals surface area contributed by atoms with Crippen LogP contribution in [0.3, 0.4) is 0 Å². The van der Waals surface area contributed by atoms with Crippen molar-refractivity contribution in [2.24, 2.45) is 0 Å². The Morgan fingerprint density at radius 2 is 2.29 bits per heavy atom. The first-order valence-electron chi connectivity index (χ1n) is 6.02. The largest absolute Gasteiger partial charge is 0.397 e. The lowest BCUT2D eigenvalue weighted by Gasteiger charge is -2.18. The van der Waals surface area contributed by atoms with Crippen LogP contribution in [0.25, 0.3) is 0 Å². The van der Waals surface area contributed by atoms with E-state index in [1.165, 1.54) is 12.3 Å². The van der Waals surface area contributed by atoms with Gasteiger partial charge in [0.25, 0.3) is 0 Å². The van der Waals surface area contributed by atoms with Gasteiger partial charge in [-0.1, -0.05) is 0 Å². The first-order valence-corrected chi connectivity index (χ1v) is 7.60. The Morgan fingerprint density at radius 3 is 2.86 bits per heavy atom. The van der Waals surface area contributed by atoms with Crippen LogP contribution in [0.1, 0.15) is 19.1 Å². The fourth-order valence-corrected chi connectivity index (χ4v) is 3.88. The highest BCUT2D eigenvalue weighted by Crippen LogP contribution is 2.70. The Balaban J connectivity index is 1.87. The lowest BCUT2D eigenvalue weighted by molar-refractivity contribution is 0.0162. The highest BCUT2D eigenvalue weighted by molar-refractivity contribution is 7.54. The predicted molar refractivity (Wildman–Crippen MR) is 65.7 cm³/mol. The van der Waals surface area contributed by atoms with Gasteiger partial charge in [-0.15, -0.1) is 0 Å². The fraction of sp³-hybridized carbons (Fsp3) is 0.600. The number of hydrogen-bond donors (Lipinski definition) is 2. The van der Waals surface area contributed by atoms with Crippen LogP contribution < -0.4 is 11.4 Å². The summed E-state index contributed by atoms with van der Waals surface area (Å²) in [6.45, 7) is -0.311. The van der Waals surface area contributed by atoms with E-state index in [2.05, 4.69) is 4.98 Å². The van der Waals surface area contributed by atoms with E-state index in [1.54, 1.807) is 0 Å². The summed E-state index contributed by atoms with van der Waals surface area (Å²) < 4.78 is 49.4. The Hall–Kier alpha value is -1.35. The number of rotatable bonds is 1. The molecule has 3 N–H and O–H groups in total. The molecule has 0 bridgehead atoms. The van der Waals surface area contributed by atoms with E-state index in [1.807, 2.05) is 0 Å². The standard InChI is InChI=1S/C10H12F2N3O5P/c11-10(12)4-9(20-21(10,17)18)3-7(19-5-9)15-2-1-6(13)14-8(15)16/h1-2,7H,3-5H2,(H,17,18)(H2,13,14,16)/t7-,9-/m1/s1. The van der Waals surface area contributed by atoms with Gasteiger partial charge in [-0.25, -0.2) is 4.79 Å². The van der Waals surface area contributed by atoms with Crippen LogP contribution in [-0.4, -0.2) is 32.3 Å². The van der Waals surface area contributed by atoms with E-state index in [-0.39, 0.29) is 18.8 Å². The lowest BCUT2D eigenvalue weighted by atomic mass is 9.98. The Kier molecular flexibility index (Phi) is 3.00. The SMILES string of the molecule is Nc1ccn([C@H]2C[C@]3(CO2)CC(F)(F)P(=O)(O)O3)c(=O)n1. The van der Waals surface area contributed by atoms with Crippen molar-refractivity contribution in [2.45, 2.75) is 30.3 Å². The number of hydrogen-bond acceptors (Lipinski definition) is 6. The molecule has 1 aromatic rings. The molecule has 1 aromatic heterocycles. The molecule has 0 saturated carbocycles. The summed E-state index contributed by atoms with van der Waals surface area (Å²) in [6.07, 6.45) is -0.667. The van der Waals surface area contributed by atoms with E-state index in [9.17, 15) is 23.0 Å². The minimum atomic E-state index is -5.03. The third-order valence-electron chi connectivity index (χ3n) is 3.51. The van der Waals surface area contributed by atoms with Gasteiger partial charge in [0.05, 0.1) is 13.0 Å². The maximum absolute atomic E-state index is 13.5. The number of anilines is 1. The van der Waals surface area contributed by atoms with Gasteiger partial charge in [-0.05, 0) is 6.07 Å². The van der Waals surface area contributed by atoms with Crippen molar-refractivity contribution in [3.63, 3.8) is 0 Å². The minimum Gasteiger partial charge on any atom is -0.383 e. The van der Waals surface area contributed by atoms with Crippen LogP contribution in [0.5, 0.6) is 0 Å². The van der Waals surface area contributed by atoms with Crippen molar-refractivity contribution in [3.05, 3.63) is 22.7 Å². The van der Waals surface area contributed by atoms with Gasteiger partial charge in [-0.2, -0.15) is 13.8 Å². The van der Waals surface area contributed by atoms with Crippen molar-refractivity contribution < 1.29 is 27.5 Å². The average molecular weight is 323 g/mol. The van der Waals surface area contributed by atoms with Crippen LogP contribution in [0.15, 0.2) is 17.1 Å². The summed E-state index contributed by atoms with van der Waals surface area (Å²) in [5, 5.41) is 0. The average Bonchev–Trinajstić information content (AvgIpc) is 2.77. The van der Waals surface area contributed by atoms with Gasteiger partial charge < -0.3 is 15.4 Å². The van der Waals surface area contributed by atoms with E-state index < -0.39 is 37.2 Å². The number of halogens is 2. The summed E-state index contributed by atoms with van der Waals surface area (Å²) in [5.41, 5.74) is -0.754. The first-order chi connectivity index (χ1) is 9.64. The molecule has 0 radical (unpaired) electrons. The molecule has 2 fully saturated rings. The molecule has 2 saturated heterocycles. The first kappa shape index (κ1) is 14.6. The molecule has 2 aliphatic heterocycles. The molecule has 3 atom stereocenters. The van der Waals surface area contributed by atoms with Crippen molar-refractivity contribution >= 4 is 13.4 Å². The van der Waals surface area contributed by atoms with Crippen molar-refractivity contribution in [3.8, 4) is 0 Å². The summed E-state index contributed by atoms with van der Waals surface area (Å²) in [7, 11) is -5.03. The zero-order chi connectivity index (χ0) is 15.5. The number of nitrogens with zero attached hydrogens (tertiary/aromatic N) is 2. The van der Waals surface area contributed by atoms with Gasteiger partial charge in [-0.3, -0.25) is 13.7 Å². The molecule has 3 rings (SSSR count). The summed E-state index contributed by atoms with van der Waals surface area (Å²) in [6, 6.07) is 1.36. The summed E-state index contributed by atoms with van der Waals surface area (Å²) >= 11 is 0. The number of nitrogens with two attached hydrogens (primary N) is 1. The van der Waals surface area contributed by atoms with Gasteiger partial charge in [0.1, 0.15) is 17.6 Å². The third kappa shape index (κ3) is 2.28. The molecule has 116 valence electrons. The van der Waals surface area contributed by atoms with Crippen LogP contribution in [0.4, 0.5) is 14.6 Å². The van der Waals surface area contributed by atoms with Crippen LogP contribution in [0, 0.1) is 0 Å². The van der Waals surface area contributed by atoms with E-state index >= 15 is 0 Å². The molecule has 0 amide bonds. The highest BCUT2D eigenvalue weighted by atomic mass is 31.2. The number of ether oxygens (including phenoxy) is 1. The second-order valence-electron chi connectivity index (χ2n) is 5.15. The van der Waals surface area contributed by atoms with Crippen LogP contribution in [-0.2, 0) is 13.8 Å². The molecular formula is C10H12F2N3O5P. The Labute approximate surface area is 117 Å². The Morgan fingerprint density at radius 1 is 1.57 bits per heavy atom. The number of nitrogen functional groups attached to an aromatic ring is 1. The molecule has 0 aliphatic carbocycles. The fourth-order valence-electron chi connectivity index (χ4n) is 2.54. The quantitative estimate of drug-likeness (QED) is 0.730. The lowest BCUT2D eigenvalue weighted by Crippen LogP contribution is -2.31. The maximum Gasteiger partial charge on any atom is 0.397 e. The normalized spacial score (nSPS) is 38.1. The molecule has 3 heterocycles. The third-order valence-corrected chi connectivity index (χ3v) is 5.13. The molecule has 1 unspecified atom stereocenters. The maximum atomic E-state index is 13.5. The van der Waals surface area contributed by atoms with Gasteiger partial charge >= 0.3 is 18.9 Å². The van der Waals surface area contributed by atoms with E-state index in [4.69, 9.17) is 15.0 Å². The van der Waals surface area contributed by atoms with E-state index in [0.717, 1.165) is 4.57 Å². The second-order valence-corrected chi connectivity index (χ2v) is 7.03. The topological polar surface area (TPSA) is 117 Å². The smallest absolute Gasteiger partial charge is 0.383 e. The number of alkyl halides is 2. The number of aromatic nitrogens is 2. The van der Waals surface area contributed by atoms with Crippen molar-refractivity contribution in [1.82, 2.24) is 9.55 Å².